The van der Waals surface area contributed by atoms with Gasteiger partial charge in [-0.1, -0.05) is 30.3 Å². The molecule has 0 aromatic heterocycles. The summed E-state index contributed by atoms with van der Waals surface area (Å²) in [4.78, 5) is 11.3. The number of rotatable bonds is 5. The summed E-state index contributed by atoms with van der Waals surface area (Å²) < 4.78 is 11.1. The van der Waals surface area contributed by atoms with Crippen LogP contribution in [-0.2, 0) is 20.9 Å². The number of hydrogen-bond donors (Lipinski definition) is 4. The van der Waals surface area contributed by atoms with Crippen LogP contribution in [0.15, 0.2) is 30.3 Å². The maximum atomic E-state index is 11.3. The summed E-state index contributed by atoms with van der Waals surface area (Å²) in [6.45, 7) is 1.05. The topological polar surface area (TPSA) is 108 Å². The molecule has 0 saturated carbocycles. The minimum atomic E-state index is -1.31. The molecule has 1 heterocycles. The van der Waals surface area contributed by atoms with E-state index in [-0.39, 0.29) is 12.5 Å². The number of amides is 1. The van der Waals surface area contributed by atoms with E-state index < -0.39 is 37.3 Å². The lowest BCUT2D eigenvalue weighted by atomic mass is 9.97. The summed E-state index contributed by atoms with van der Waals surface area (Å²) in [6.07, 6.45) is -4.55. The fourth-order valence-corrected chi connectivity index (χ4v) is 2.37. The zero-order valence-corrected chi connectivity index (χ0v) is 12.3. The first-order valence-corrected chi connectivity index (χ1v) is 7.08. The Labute approximate surface area is 128 Å². The number of hydrogen-bond acceptors (Lipinski definition) is 6. The average molecular weight is 311 g/mol. The van der Waals surface area contributed by atoms with Crippen molar-refractivity contribution in [2.45, 2.75) is 44.2 Å². The monoisotopic (exact) mass is 311 g/mol. The fraction of sp³-hybridized carbons (Fsp3) is 0.533. The second-order valence-electron chi connectivity index (χ2n) is 5.23. The number of aliphatic hydroxyl groups is 3. The van der Waals surface area contributed by atoms with Gasteiger partial charge in [-0.2, -0.15) is 0 Å². The van der Waals surface area contributed by atoms with Crippen molar-refractivity contribution in [3.63, 3.8) is 0 Å². The zero-order chi connectivity index (χ0) is 16.1. The molecule has 1 amide bonds. The molecule has 4 N–H and O–H groups in total. The summed E-state index contributed by atoms with van der Waals surface area (Å²) in [6, 6.07) is 8.42. The Morgan fingerprint density at radius 3 is 2.55 bits per heavy atom. The molecule has 0 radical (unpaired) electrons. The normalized spacial score (nSPS) is 31.7. The molecule has 7 nitrogen and oxygen atoms in total. The summed E-state index contributed by atoms with van der Waals surface area (Å²) in [7, 11) is 0. The molecule has 7 heteroatoms. The lowest BCUT2D eigenvalue weighted by Crippen LogP contribution is -2.64. The number of nitrogens with one attached hydrogen (secondary N) is 1. The Morgan fingerprint density at radius 1 is 1.27 bits per heavy atom. The minimum absolute atomic E-state index is 0.211. The van der Waals surface area contributed by atoms with Gasteiger partial charge in [0.05, 0.1) is 13.2 Å². The van der Waals surface area contributed by atoms with Crippen LogP contribution in [0, 0.1) is 0 Å². The summed E-state index contributed by atoms with van der Waals surface area (Å²) in [5.74, 6) is -0.379. The molecule has 22 heavy (non-hydrogen) atoms. The molecule has 5 atom stereocenters. The highest BCUT2D eigenvalue weighted by molar-refractivity contribution is 5.73. The van der Waals surface area contributed by atoms with Gasteiger partial charge in [0.15, 0.2) is 6.29 Å². The van der Waals surface area contributed by atoms with Gasteiger partial charge in [0.2, 0.25) is 5.91 Å². The predicted molar refractivity (Wildman–Crippen MR) is 76.6 cm³/mol. The second-order valence-corrected chi connectivity index (χ2v) is 5.23. The Morgan fingerprint density at radius 2 is 1.95 bits per heavy atom. The van der Waals surface area contributed by atoms with Gasteiger partial charge in [-0.25, -0.2) is 0 Å². The van der Waals surface area contributed by atoms with E-state index in [0.717, 1.165) is 5.56 Å². The molecule has 1 aromatic carbocycles. The molecular formula is C15H21NO6. The van der Waals surface area contributed by atoms with Crippen LogP contribution < -0.4 is 5.32 Å². The highest BCUT2D eigenvalue weighted by Crippen LogP contribution is 2.23. The Hall–Kier alpha value is -1.51. The zero-order valence-electron chi connectivity index (χ0n) is 12.3. The van der Waals surface area contributed by atoms with Crippen LogP contribution in [0.2, 0.25) is 0 Å². The van der Waals surface area contributed by atoms with E-state index in [9.17, 15) is 20.1 Å². The van der Waals surface area contributed by atoms with Gasteiger partial charge in [-0.3, -0.25) is 4.79 Å². The third-order valence-electron chi connectivity index (χ3n) is 3.51. The molecule has 0 bridgehead atoms. The van der Waals surface area contributed by atoms with Gasteiger partial charge in [0, 0.05) is 6.92 Å². The van der Waals surface area contributed by atoms with Crippen LogP contribution in [0.5, 0.6) is 0 Å². The van der Waals surface area contributed by atoms with Crippen molar-refractivity contribution in [1.29, 1.82) is 0 Å². The van der Waals surface area contributed by atoms with E-state index in [0.29, 0.717) is 0 Å². The van der Waals surface area contributed by atoms with Gasteiger partial charge in [0.25, 0.3) is 0 Å². The van der Waals surface area contributed by atoms with Crippen molar-refractivity contribution in [3.8, 4) is 0 Å². The van der Waals surface area contributed by atoms with Gasteiger partial charge in [0.1, 0.15) is 24.4 Å². The molecule has 0 unspecified atom stereocenters. The highest BCUT2D eigenvalue weighted by atomic mass is 16.7. The third-order valence-corrected chi connectivity index (χ3v) is 3.51. The fourth-order valence-electron chi connectivity index (χ4n) is 2.37. The van der Waals surface area contributed by atoms with Gasteiger partial charge < -0.3 is 30.1 Å². The maximum absolute atomic E-state index is 11.3. The first kappa shape index (κ1) is 16.9. The summed E-state index contributed by atoms with van der Waals surface area (Å²) >= 11 is 0. The van der Waals surface area contributed by atoms with Gasteiger partial charge in [-0.15, -0.1) is 0 Å². The molecule has 1 aliphatic rings. The molecule has 1 aliphatic heterocycles. The van der Waals surface area contributed by atoms with Crippen LogP contribution >= 0.6 is 0 Å². The van der Waals surface area contributed by atoms with Gasteiger partial charge in [-0.05, 0) is 5.56 Å². The Bertz CT molecular complexity index is 482. The predicted octanol–water partition coefficient (Wildman–Crippen LogP) is -0.853. The minimum Gasteiger partial charge on any atom is -0.394 e. The molecule has 1 aromatic rings. The van der Waals surface area contributed by atoms with Crippen molar-refractivity contribution in [2.75, 3.05) is 6.61 Å². The number of benzene rings is 1. The second kappa shape index (κ2) is 7.66. The number of ether oxygens (including phenoxy) is 2. The number of carbonyl (C=O) groups is 1. The van der Waals surface area contributed by atoms with Crippen molar-refractivity contribution >= 4 is 5.91 Å². The smallest absolute Gasteiger partial charge is 0.217 e. The van der Waals surface area contributed by atoms with E-state index >= 15 is 0 Å². The molecule has 2 rings (SSSR count). The number of aliphatic hydroxyl groups excluding tert-OH is 3. The summed E-state index contributed by atoms with van der Waals surface area (Å²) in [5, 5.41) is 31.7. The molecule has 0 spiro atoms. The van der Waals surface area contributed by atoms with E-state index in [2.05, 4.69) is 5.32 Å². The van der Waals surface area contributed by atoms with Crippen molar-refractivity contribution in [1.82, 2.24) is 5.32 Å². The first-order valence-electron chi connectivity index (χ1n) is 7.08. The lowest BCUT2D eigenvalue weighted by Gasteiger charge is -2.42. The van der Waals surface area contributed by atoms with E-state index in [4.69, 9.17) is 9.47 Å². The van der Waals surface area contributed by atoms with E-state index in [1.165, 1.54) is 6.92 Å². The van der Waals surface area contributed by atoms with Crippen LogP contribution in [-0.4, -0.2) is 58.5 Å². The molecule has 1 saturated heterocycles. The highest BCUT2D eigenvalue weighted by Gasteiger charge is 2.45. The van der Waals surface area contributed by atoms with Gasteiger partial charge >= 0.3 is 0 Å². The third kappa shape index (κ3) is 4.02. The largest absolute Gasteiger partial charge is 0.394 e. The maximum Gasteiger partial charge on any atom is 0.217 e. The van der Waals surface area contributed by atoms with Crippen molar-refractivity contribution in [3.05, 3.63) is 35.9 Å². The summed E-state index contributed by atoms with van der Waals surface area (Å²) in [5.41, 5.74) is 0.897. The number of carbonyl (C=O) groups excluding carboxylic acids is 1. The average Bonchev–Trinajstić information content (AvgIpc) is 2.52. The van der Waals surface area contributed by atoms with Crippen molar-refractivity contribution < 1.29 is 29.6 Å². The van der Waals surface area contributed by atoms with Crippen molar-refractivity contribution in [2.24, 2.45) is 0 Å². The molecular weight excluding hydrogens is 290 g/mol. The lowest BCUT2D eigenvalue weighted by molar-refractivity contribution is -0.273. The van der Waals surface area contributed by atoms with Crippen LogP contribution in [0.1, 0.15) is 12.5 Å². The van der Waals surface area contributed by atoms with E-state index in [1.807, 2.05) is 30.3 Å². The Balaban J connectivity index is 2.07. The van der Waals surface area contributed by atoms with Crippen LogP contribution in [0.4, 0.5) is 0 Å². The Kier molecular flexibility index (Phi) is 5.87. The van der Waals surface area contributed by atoms with Crippen LogP contribution in [0.3, 0.4) is 0 Å². The quantitative estimate of drug-likeness (QED) is 0.564. The first-order chi connectivity index (χ1) is 10.5. The standard InChI is InChI=1S/C15H21NO6/c1-9(18)16-12-14(20)13(19)11(7-17)22-15(12)21-8-10-5-3-2-4-6-10/h2-6,11-15,17,19-20H,7-8H2,1H3,(H,16,18)/t11-,12+,13-,14+,15-/m1/s1. The molecule has 1 fully saturated rings. The van der Waals surface area contributed by atoms with Crippen LogP contribution in [0.25, 0.3) is 0 Å². The van der Waals surface area contributed by atoms with E-state index in [1.54, 1.807) is 0 Å². The molecule has 122 valence electrons. The molecule has 0 aliphatic carbocycles. The SMILES string of the molecule is CC(=O)N[C@@H]1[C@H](OCc2ccccc2)O[C@H](CO)[C@@H](O)[C@H]1O.